The first-order chi connectivity index (χ1) is 8.95. The van der Waals surface area contributed by atoms with Crippen LogP contribution in [0.1, 0.15) is 32.8 Å². The zero-order valence-corrected chi connectivity index (χ0v) is 11.9. The largest absolute Gasteiger partial charge is 0.295 e. The summed E-state index contributed by atoms with van der Waals surface area (Å²) in [5.74, 6) is -0.132. The Balaban J connectivity index is 1.66. The molecule has 104 valence electrons. The summed E-state index contributed by atoms with van der Waals surface area (Å²) in [7, 11) is 0. The number of piperazine rings is 1. The molecule has 19 heavy (non-hydrogen) atoms. The minimum Gasteiger partial charge on any atom is -0.295 e. The number of aromatic nitrogens is 1. The maximum absolute atomic E-state index is 13.7. The van der Waals surface area contributed by atoms with E-state index in [9.17, 15) is 4.39 Å². The Morgan fingerprint density at radius 3 is 2.58 bits per heavy atom. The SMILES string of the molecule is CC(C)(C)N1CC2CC(C1)N2Cc1cnccc1F. The van der Waals surface area contributed by atoms with E-state index >= 15 is 0 Å². The van der Waals surface area contributed by atoms with Crippen molar-refractivity contribution in [3.05, 3.63) is 29.8 Å². The number of rotatable bonds is 2. The number of hydrogen-bond acceptors (Lipinski definition) is 3. The van der Waals surface area contributed by atoms with Gasteiger partial charge in [-0.3, -0.25) is 14.8 Å². The smallest absolute Gasteiger partial charge is 0.130 e. The fourth-order valence-corrected chi connectivity index (χ4v) is 3.22. The first-order valence-corrected chi connectivity index (χ1v) is 7.04. The summed E-state index contributed by atoms with van der Waals surface area (Å²) in [6.45, 7) is 9.70. The molecule has 0 aromatic carbocycles. The molecular weight excluding hydrogens is 241 g/mol. The molecule has 2 bridgehead atoms. The van der Waals surface area contributed by atoms with Gasteiger partial charge in [0.05, 0.1) is 0 Å². The van der Waals surface area contributed by atoms with E-state index in [4.69, 9.17) is 0 Å². The van der Waals surface area contributed by atoms with Crippen LogP contribution in [0.5, 0.6) is 0 Å². The molecule has 0 amide bonds. The lowest BCUT2D eigenvalue weighted by Crippen LogP contribution is -2.70. The highest BCUT2D eigenvalue weighted by Gasteiger charge is 2.46. The van der Waals surface area contributed by atoms with Crippen molar-refractivity contribution >= 4 is 0 Å². The highest BCUT2D eigenvalue weighted by atomic mass is 19.1. The van der Waals surface area contributed by atoms with Gasteiger partial charge < -0.3 is 0 Å². The second kappa shape index (κ2) is 4.53. The summed E-state index contributed by atoms with van der Waals surface area (Å²) in [6, 6.07) is 2.61. The summed E-state index contributed by atoms with van der Waals surface area (Å²) >= 11 is 0. The fourth-order valence-electron chi connectivity index (χ4n) is 3.22. The lowest BCUT2D eigenvalue weighted by atomic mass is 9.84. The maximum atomic E-state index is 13.7. The Morgan fingerprint density at radius 2 is 2.00 bits per heavy atom. The predicted octanol–water partition coefficient (Wildman–Crippen LogP) is 2.28. The Hall–Kier alpha value is -1.00. The third kappa shape index (κ3) is 2.39. The van der Waals surface area contributed by atoms with Crippen molar-refractivity contribution in [2.24, 2.45) is 0 Å². The lowest BCUT2D eigenvalue weighted by molar-refractivity contribution is -0.100. The first kappa shape index (κ1) is 13.0. The van der Waals surface area contributed by atoms with E-state index in [1.54, 1.807) is 6.20 Å². The monoisotopic (exact) mass is 263 g/mol. The predicted molar refractivity (Wildman–Crippen MR) is 73.3 cm³/mol. The average molecular weight is 263 g/mol. The summed E-state index contributed by atoms with van der Waals surface area (Å²) in [5.41, 5.74) is 0.962. The first-order valence-electron chi connectivity index (χ1n) is 7.04. The van der Waals surface area contributed by atoms with Crippen molar-refractivity contribution in [3.8, 4) is 0 Å². The van der Waals surface area contributed by atoms with E-state index in [-0.39, 0.29) is 11.4 Å². The molecule has 3 saturated heterocycles. The molecule has 0 aliphatic carbocycles. The summed E-state index contributed by atoms with van der Waals surface area (Å²) in [6.07, 6.45) is 4.43. The van der Waals surface area contributed by atoms with Crippen LogP contribution in [-0.4, -0.2) is 45.5 Å². The molecule has 1 aromatic rings. The second-order valence-corrected chi connectivity index (χ2v) is 6.76. The quantitative estimate of drug-likeness (QED) is 0.816. The van der Waals surface area contributed by atoms with E-state index in [1.165, 1.54) is 18.7 Å². The van der Waals surface area contributed by atoms with Crippen LogP contribution in [0.25, 0.3) is 0 Å². The molecule has 3 aliphatic heterocycles. The van der Waals surface area contributed by atoms with Crippen LogP contribution < -0.4 is 0 Å². The molecule has 2 atom stereocenters. The number of hydrogen-bond donors (Lipinski definition) is 0. The van der Waals surface area contributed by atoms with Crippen LogP contribution in [0.15, 0.2) is 18.5 Å². The van der Waals surface area contributed by atoms with Gasteiger partial charge in [0.1, 0.15) is 5.82 Å². The lowest BCUT2D eigenvalue weighted by Gasteiger charge is -2.59. The van der Waals surface area contributed by atoms with Crippen LogP contribution in [0, 0.1) is 5.82 Å². The fraction of sp³-hybridized carbons (Fsp3) is 0.667. The molecule has 3 fully saturated rings. The van der Waals surface area contributed by atoms with Crippen molar-refractivity contribution in [2.45, 2.75) is 51.4 Å². The van der Waals surface area contributed by atoms with E-state index in [0.717, 1.165) is 18.7 Å². The van der Waals surface area contributed by atoms with Gasteiger partial charge in [-0.05, 0) is 33.3 Å². The van der Waals surface area contributed by atoms with Gasteiger partial charge in [-0.1, -0.05) is 0 Å². The van der Waals surface area contributed by atoms with Crippen LogP contribution in [0.3, 0.4) is 0 Å². The topological polar surface area (TPSA) is 19.4 Å². The Labute approximate surface area is 114 Å². The number of pyridine rings is 1. The van der Waals surface area contributed by atoms with Gasteiger partial charge in [0.25, 0.3) is 0 Å². The molecule has 0 saturated carbocycles. The Bertz CT molecular complexity index is 457. The molecule has 0 spiro atoms. The van der Waals surface area contributed by atoms with E-state index < -0.39 is 0 Å². The molecule has 0 radical (unpaired) electrons. The van der Waals surface area contributed by atoms with E-state index in [2.05, 4.69) is 35.6 Å². The van der Waals surface area contributed by atoms with Gasteiger partial charge in [0.15, 0.2) is 0 Å². The highest BCUT2D eigenvalue weighted by molar-refractivity contribution is 5.14. The van der Waals surface area contributed by atoms with Gasteiger partial charge in [-0.25, -0.2) is 4.39 Å². The van der Waals surface area contributed by atoms with Crippen molar-refractivity contribution in [2.75, 3.05) is 13.1 Å². The van der Waals surface area contributed by atoms with Gasteiger partial charge in [-0.15, -0.1) is 0 Å². The average Bonchev–Trinajstić information content (AvgIpc) is 2.36. The molecule has 0 N–H and O–H groups in total. The zero-order chi connectivity index (χ0) is 13.6. The van der Waals surface area contributed by atoms with Crippen LogP contribution in [0.4, 0.5) is 4.39 Å². The highest BCUT2D eigenvalue weighted by Crippen LogP contribution is 2.36. The molecule has 1 aromatic heterocycles. The molecule has 4 heteroatoms. The van der Waals surface area contributed by atoms with Gasteiger partial charge in [0, 0.05) is 55.2 Å². The normalized spacial score (nSPS) is 28.2. The Kier molecular flexibility index (Phi) is 3.10. The van der Waals surface area contributed by atoms with Crippen molar-refractivity contribution in [1.82, 2.24) is 14.8 Å². The van der Waals surface area contributed by atoms with Crippen molar-refractivity contribution in [3.63, 3.8) is 0 Å². The minimum absolute atomic E-state index is 0.132. The zero-order valence-electron chi connectivity index (χ0n) is 11.9. The van der Waals surface area contributed by atoms with Crippen molar-refractivity contribution in [1.29, 1.82) is 0 Å². The minimum atomic E-state index is -0.132. The van der Waals surface area contributed by atoms with Crippen LogP contribution >= 0.6 is 0 Å². The van der Waals surface area contributed by atoms with E-state index in [1.807, 2.05) is 0 Å². The van der Waals surface area contributed by atoms with Crippen LogP contribution in [0.2, 0.25) is 0 Å². The summed E-state index contributed by atoms with van der Waals surface area (Å²) in [5, 5.41) is 0. The van der Waals surface area contributed by atoms with E-state index in [0.29, 0.717) is 18.6 Å². The number of nitrogens with zero attached hydrogens (tertiary/aromatic N) is 3. The molecule has 4 rings (SSSR count). The molecule has 3 nitrogen and oxygen atoms in total. The van der Waals surface area contributed by atoms with Gasteiger partial charge in [-0.2, -0.15) is 0 Å². The molecule has 4 heterocycles. The summed E-state index contributed by atoms with van der Waals surface area (Å²) < 4.78 is 13.7. The Morgan fingerprint density at radius 1 is 1.32 bits per heavy atom. The number of fused-ring (bicyclic) bond motifs is 2. The number of piperidine rings is 1. The van der Waals surface area contributed by atoms with Gasteiger partial charge >= 0.3 is 0 Å². The van der Waals surface area contributed by atoms with Gasteiger partial charge in [0.2, 0.25) is 0 Å². The third-order valence-electron chi connectivity index (χ3n) is 4.49. The molecular formula is C15H22FN3. The standard InChI is InChI=1S/C15H22FN3/c1-15(2,3)18-9-12-6-13(10-18)19(12)8-11-7-17-5-4-14(11)16/h4-5,7,12-13H,6,8-10H2,1-3H3. The third-order valence-corrected chi connectivity index (χ3v) is 4.49. The second-order valence-electron chi connectivity index (χ2n) is 6.76. The number of halogens is 1. The van der Waals surface area contributed by atoms with Crippen LogP contribution in [-0.2, 0) is 6.54 Å². The van der Waals surface area contributed by atoms with Crippen molar-refractivity contribution < 1.29 is 4.39 Å². The maximum Gasteiger partial charge on any atom is 0.130 e. The molecule has 3 aliphatic rings. The molecule has 2 unspecified atom stereocenters. The summed E-state index contributed by atoms with van der Waals surface area (Å²) in [4.78, 5) is 9.00.